The van der Waals surface area contributed by atoms with Crippen LogP contribution in [0.2, 0.25) is 0 Å². The molecule has 1 rings (SSSR count). The Hall–Kier alpha value is -2.29. The summed E-state index contributed by atoms with van der Waals surface area (Å²) in [5.41, 5.74) is -0.861. The highest BCUT2D eigenvalue weighted by molar-refractivity contribution is 5.98. The first-order chi connectivity index (χ1) is 9.43. The van der Waals surface area contributed by atoms with Gasteiger partial charge in [0.15, 0.2) is 0 Å². The fraction of sp³-hybridized carbons (Fsp3) is 0.364. The van der Waals surface area contributed by atoms with Gasteiger partial charge in [0.1, 0.15) is 6.61 Å². The molecule has 0 aromatic heterocycles. The predicted molar refractivity (Wildman–Crippen MR) is 63.9 cm³/mol. The van der Waals surface area contributed by atoms with E-state index in [2.05, 4.69) is 10.1 Å². The van der Waals surface area contributed by atoms with Gasteiger partial charge in [-0.1, -0.05) is 6.07 Å². The van der Waals surface area contributed by atoms with Gasteiger partial charge >= 0.3 is 5.69 Å². The summed E-state index contributed by atoms with van der Waals surface area (Å²) < 4.78 is 28.0. The quantitative estimate of drug-likeness (QED) is 0.448. The van der Waals surface area contributed by atoms with Crippen molar-refractivity contribution in [3.05, 3.63) is 33.9 Å². The number of amides is 1. The Kier molecular flexibility index (Phi) is 5.78. The molecule has 0 atom stereocenters. The van der Waals surface area contributed by atoms with Crippen LogP contribution in [0.5, 0.6) is 5.75 Å². The topological polar surface area (TPSA) is 102 Å². The first kappa shape index (κ1) is 15.8. The van der Waals surface area contributed by atoms with Gasteiger partial charge in [-0.3, -0.25) is 14.9 Å². The highest BCUT2D eigenvalue weighted by atomic mass is 19.3. The molecule has 9 heteroatoms. The molecular formula is C11H12F2N2O5. The van der Waals surface area contributed by atoms with Crippen LogP contribution in [0, 0.1) is 10.1 Å². The van der Waals surface area contributed by atoms with E-state index in [-0.39, 0.29) is 18.7 Å². The average Bonchev–Trinajstić information content (AvgIpc) is 2.37. The van der Waals surface area contributed by atoms with Crippen molar-refractivity contribution < 1.29 is 28.3 Å². The van der Waals surface area contributed by atoms with Crippen LogP contribution in [0.15, 0.2) is 18.2 Å². The van der Waals surface area contributed by atoms with Gasteiger partial charge in [-0.2, -0.15) is 0 Å². The van der Waals surface area contributed by atoms with Crippen molar-refractivity contribution in [3.8, 4) is 5.75 Å². The summed E-state index contributed by atoms with van der Waals surface area (Å²) in [6, 6.07) is 3.51. The van der Waals surface area contributed by atoms with Crippen molar-refractivity contribution in [2.45, 2.75) is 6.43 Å². The largest absolute Gasteiger partial charge is 0.502 e. The van der Waals surface area contributed by atoms with Crippen molar-refractivity contribution in [1.29, 1.82) is 0 Å². The summed E-state index contributed by atoms with van der Waals surface area (Å²) in [4.78, 5) is 21.4. The van der Waals surface area contributed by atoms with E-state index < -0.39 is 35.3 Å². The molecule has 0 heterocycles. The highest BCUT2D eigenvalue weighted by Gasteiger charge is 2.20. The van der Waals surface area contributed by atoms with Gasteiger partial charge in [0.2, 0.25) is 5.75 Å². The van der Waals surface area contributed by atoms with Gasteiger partial charge in [-0.05, 0) is 6.07 Å². The molecule has 0 radical (unpaired) electrons. The maximum atomic E-state index is 11.7. The van der Waals surface area contributed by atoms with Gasteiger partial charge in [-0.25, -0.2) is 8.78 Å². The molecule has 0 aliphatic heterocycles. The first-order valence-corrected chi connectivity index (χ1v) is 5.54. The Morgan fingerprint density at radius 1 is 1.50 bits per heavy atom. The third-order valence-electron chi connectivity index (χ3n) is 2.23. The second kappa shape index (κ2) is 7.34. The van der Waals surface area contributed by atoms with Crippen LogP contribution in [0.3, 0.4) is 0 Å². The zero-order chi connectivity index (χ0) is 15.1. The van der Waals surface area contributed by atoms with Crippen LogP contribution in [0.1, 0.15) is 10.4 Å². The molecule has 0 fully saturated rings. The van der Waals surface area contributed by atoms with Crippen LogP contribution in [0.25, 0.3) is 0 Å². The van der Waals surface area contributed by atoms with E-state index in [1.54, 1.807) is 0 Å². The molecule has 0 bridgehead atoms. The summed E-state index contributed by atoms with van der Waals surface area (Å²) in [6.07, 6.45) is -2.59. The monoisotopic (exact) mass is 290 g/mol. The maximum Gasteiger partial charge on any atom is 0.311 e. The Morgan fingerprint density at radius 2 is 2.20 bits per heavy atom. The summed E-state index contributed by atoms with van der Waals surface area (Å²) in [5, 5.41) is 22.4. The Balaban J connectivity index is 2.56. The third-order valence-corrected chi connectivity index (χ3v) is 2.23. The van der Waals surface area contributed by atoms with Crippen LogP contribution >= 0.6 is 0 Å². The smallest absolute Gasteiger partial charge is 0.311 e. The number of nitrogens with one attached hydrogen (secondary N) is 1. The van der Waals surface area contributed by atoms with E-state index in [9.17, 15) is 28.8 Å². The van der Waals surface area contributed by atoms with E-state index in [1.165, 1.54) is 12.1 Å². The van der Waals surface area contributed by atoms with Crippen molar-refractivity contribution in [1.82, 2.24) is 5.32 Å². The maximum absolute atomic E-state index is 11.7. The standard InChI is InChI=1S/C11H12F2N2O5/c12-9(13)6-20-5-4-14-11(17)7-2-1-3-8(10(7)16)15(18)19/h1-3,9,16H,4-6H2,(H,14,17). The molecular weight excluding hydrogens is 278 g/mol. The number of nitro benzene ring substituents is 1. The summed E-state index contributed by atoms with van der Waals surface area (Å²) in [7, 11) is 0. The zero-order valence-electron chi connectivity index (χ0n) is 10.2. The second-order valence-electron chi connectivity index (χ2n) is 3.65. The molecule has 1 amide bonds. The molecule has 20 heavy (non-hydrogen) atoms. The lowest BCUT2D eigenvalue weighted by molar-refractivity contribution is -0.385. The molecule has 1 aromatic rings. The molecule has 0 saturated heterocycles. The van der Waals surface area contributed by atoms with Crippen molar-refractivity contribution in [3.63, 3.8) is 0 Å². The number of carbonyl (C=O) groups is 1. The molecule has 7 nitrogen and oxygen atoms in total. The minimum atomic E-state index is -2.59. The lowest BCUT2D eigenvalue weighted by Crippen LogP contribution is -2.28. The summed E-state index contributed by atoms with van der Waals surface area (Å²) in [5.74, 6) is -1.50. The minimum absolute atomic E-state index is 0.0618. The van der Waals surface area contributed by atoms with E-state index in [4.69, 9.17) is 0 Å². The fourth-order valence-corrected chi connectivity index (χ4v) is 1.37. The number of phenolic OH excluding ortho intramolecular Hbond substituents is 1. The number of carbonyl (C=O) groups excluding carboxylic acids is 1. The number of para-hydroxylation sites is 1. The number of hydrogen-bond donors (Lipinski definition) is 2. The number of nitrogens with zero attached hydrogens (tertiary/aromatic N) is 1. The van der Waals surface area contributed by atoms with E-state index in [1.807, 2.05) is 0 Å². The lowest BCUT2D eigenvalue weighted by Gasteiger charge is -2.07. The average molecular weight is 290 g/mol. The van der Waals surface area contributed by atoms with Crippen molar-refractivity contribution >= 4 is 11.6 Å². The summed E-state index contributed by atoms with van der Waals surface area (Å²) >= 11 is 0. The number of ether oxygens (including phenoxy) is 1. The van der Waals surface area contributed by atoms with Gasteiger partial charge < -0.3 is 15.2 Å². The fourth-order valence-electron chi connectivity index (χ4n) is 1.37. The molecule has 0 spiro atoms. The molecule has 0 saturated carbocycles. The number of nitro groups is 1. The van der Waals surface area contributed by atoms with E-state index in [0.717, 1.165) is 6.07 Å². The summed E-state index contributed by atoms with van der Waals surface area (Å²) in [6.45, 7) is -0.933. The number of halogens is 2. The molecule has 2 N–H and O–H groups in total. The van der Waals surface area contributed by atoms with Gasteiger partial charge in [0.25, 0.3) is 12.3 Å². The van der Waals surface area contributed by atoms with Crippen LogP contribution in [0.4, 0.5) is 14.5 Å². The second-order valence-corrected chi connectivity index (χ2v) is 3.65. The zero-order valence-corrected chi connectivity index (χ0v) is 10.2. The van der Waals surface area contributed by atoms with E-state index >= 15 is 0 Å². The molecule has 110 valence electrons. The van der Waals surface area contributed by atoms with Gasteiger partial charge in [0, 0.05) is 12.6 Å². The number of phenols is 1. The molecule has 0 unspecified atom stereocenters. The predicted octanol–water partition coefficient (Wildman–Crippen LogP) is 1.31. The Morgan fingerprint density at radius 3 is 2.80 bits per heavy atom. The SMILES string of the molecule is O=C(NCCOCC(F)F)c1cccc([N+](=O)[O-])c1O. The first-order valence-electron chi connectivity index (χ1n) is 5.54. The Labute approximate surface area is 112 Å². The number of benzene rings is 1. The van der Waals surface area contributed by atoms with Crippen LogP contribution in [-0.4, -0.2) is 42.1 Å². The van der Waals surface area contributed by atoms with E-state index in [0.29, 0.717) is 0 Å². The number of rotatable bonds is 7. The highest BCUT2D eigenvalue weighted by Crippen LogP contribution is 2.28. The van der Waals surface area contributed by atoms with Crippen LogP contribution in [-0.2, 0) is 4.74 Å². The minimum Gasteiger partial charge on any atom is -0.502 e. The normalized spacial score (nSPS) is 10.6. The molecule has 0 aliphatic carbocycles. The van der Waals surface area contributed by atoms with Gasteiger partial charge in [-0.15, -0.1) is 0 Å². The third kappa shape index (κ3) is 4.43. The van der Waals surface area contributed by atoms with Crippen molar-refractivity contribution in [2.24, 2.45) is 0 Å². The van der Waals surface area contributed by atoms with Crippen LogP contribution < -0.4 is 5.32 Å². The van der Waals surface area contributed by atoms with Crippen molar-refractivity contribution in [2.75, 3.05) is 19.8 Å². The molecule has 0 aliphatic rings. The Bertz CT molecular complexity index is 496. The molecule has 1 aromatic carbocycles. The number of hydrogen-bond acceptors (Lipinski definition) is 5. The number of alkyl halides is 2. The number of aromatic hydroxyl groups is 1. The van der Waals surface area contributed by atoms with Gasteiger partial charge in [0.05, 0.1) is 17.1 Å². The lowest BCUT2D eigenvalue weighted by atomic mass is 10.1.